The number of ether oxygens (including phenoxy) is 2. The van der Waals surface area contributed by atoms with Crippen LogP contribution in [0.2, 0.25) is 0 Å². The van der Waals surface area contributed by atoms with E-state index in [0.717, 1.165) is 24.3 Å². The molecule has 0 saturated heterocycles. The van der Waals surface area contributed by atoms with Gasteiger partial charge in [0.2, 0.25) is 0 Å². The smallest absolute Gasteiger partial charge is 0.416 e. The van der Waals surface area contributed by atoms with E-state index in [0.29, 0.717) is 11.1 Å². The number of aryl methyl sites for hydroxylation is 2. The number of hydrogen-bond acceptors (Lipinski definition) is 2. The number of benzene rings is 3. The second-order valence-corrected chi connectivity index (χ2v) is 6.74. The average Bonchev–Trinajstić information content (AvgIpc) is 2.59. The van der Waals surface area contributed by atoms with Crippen LogP contribution in [0.15, 0.2) is 60.7 Å². The van der Waals surface area contributed by atoms with Gasteiger partial charge >= 0.3 is 12.4 Å². The van der Waals surface area contributed by atoms with E-state index in [-0.39, 0.29) is 23.0 Å². The number of alkyl halides is 6. The molecule has 8 heteroatoms. The van der Waals surface area contributed by atoms with Crippen molar-refractivity contribution in [3.8, 4) is 23.0 Å². The second kappa shape index (κ2) is 7.93. The molecule has 0 heterocycles. The number of halogens is 6. The fraction of sp³-hybridized carbons (Fsp3) is 0.182. The molecule has 0 bridgehead atoms. The maximum Gasteiger partial charge on any atom is 0.416 e. The van der Waals surface area contributed by atoms with Crippen molar-refractivity contribution in [2.24, 2.45) is 0 Å². The van der Waals surface area contributed by atoms with Gasteiger partial charge in [-0.15, -0.1) is 0 Å². The third kappa shape index (κ3) is 5.46. The molecule has 30 heavy (non-hydrogen) atoms. The van der Waals surface area contributed by atoms with Crippen LogP contribution < -0.4 is 9.47 Å². The molecular weight excluding hydrogens is 410 g/mol. The summed E-state index contributed by atoms with van der Waals surface area (Å²) in [7, 11) is 0. The van der Waals surface area contributed by atoms with Crippen LogP contribution >= 0.6 is 0 Å². The lowest BCUT2D eigenvalue weighted by molar-refractivity contribution is -0.138. The van der Waals surface area contributed by atoms with Crippen molar-refractivity contribution >= 4 is 0 Å². The molecule has 0 N–H and O–H groups in total. The van der Waals surface area contributed by atoms with Crippen molar-refractivity contribution in [2.45, 2.75) is 26.2 Å². The molecule has 0 radical (unpaired) electrons. The molecule has 0 saturated carbocycles. The zero-order chi connectivity index (χ0) is 22.1. The Labute approximate surface area is 168 Å². The summed E-state index contributed by atoms with van der Waals surface area (Å²) in [4.78, 5) is 0. The van der Waals surface area contributed by atoms with Crippen LogP contribution in [-0.4, -0.2) is 0 Å². The predicted molar refractivity (Wildman–Crippen MR) is 99.0 cm³/mol. The highest BCUT2D eigenvalue weighted by molar-refractivity contribution is 5.43. The first-order valence-electron chi connectivity index (χ1n) is 8.74. The van der Waals surface area contributed by atoms with E-state index in [1.54, 1.807) is 0 Å². The second-order valence-electron chi connectivity index (χ2n) is 6.74. The summed E-state index contributed by atoms with van der Waals surface area (Å²) in [6.45, 7) is 3.02. The quantitative estimate of drug-likeness (QED) is 0.395. The Morgan fingerprint density at radius 2 is 0.933 bits per heavy atom. The summed E-state index contributed by atoms with van der Waals surface area (Å²) in [5, 5.41) is 0. The summed E-state index contributed by atoms with van der Waals surface area (Å²) in [6.07, 6.45) is -9.03. The van der Waals surface area contributed by atoms with Gasteiger partial charge in [-0.2, -0.15) is 26.3 Å². The van der Waals surface area contributed by atoms with Crippen molar-refractivity contribution in [1.82, 2.24) is 0 Å². The first kappa shape index (κ1) is 21.5. The minimum atomic E-state index is -4.52. The maximum atomic E-state index is 13.0. The Bertz CT molecular complexity index is 973. The molecule has 0 atom stereocenters. The van der Waals surface area contributed by atoms with Crippen LogP contribution in [0.3, 0.4) is 0 Å². The van der Waals surface area contributed by atoms with Crippen molar-refractivity contribution in [3.05, 3.63) is 82.9 Å². The molecule has 0 aliphatic rings. The van der Waals surface area contributed by atoms with Crippen molar-refractivity contribution < 1.29 is 35.8 Å². The van der Waals surface area contributed by atoms with E-state index in [9.17, 15) is 26.3 Å². The van der Waals surface area contributed by atoms with Gasteiger partial charge in [0.15, 0.2) is 0 Å². The first-order chi connectivity index (χ1) is 13.9. The molecule has 158 valence electrons. The Balaban J connectivity index is 1.85. The molecule has 3 rings (SSSR count). The van der Waals surface area contributed by atoms with Crippen molar-refractivity contribution in [2.75, 3.05) is 0 Å². The van der Waals surface area contributed by atoms with Gasteiger partial charge in [0, 0.05) is 6.07 Å². The molecule has 0 aliphatic carbocycles. The molecular formula is C22H16F6O2. The lowest BCUT2D eigenvalue weighted by Gasteiger charge is -2.14. The zero-order valence-corrected chi connectivity index (χ0v) is 15.9. The van der Waals surface area contributed by atoms with Crippen LogP contribution in [0.5, 0.6) is 23.0 Å². The molecule has 0 amide bonds. The van der Waals surface area contributed by atoms with E-state index in [2.05, 4.69) is 0 Å². The zero-order valence-electron chi connectivity index (χ0n) is 15.9. The first-order valence-corrected chi connectivity index (χ1v) is 8.74. The van der Waals surface area contributed by atoms with Crippen LogP contribution in [-0.2, 0) is 12.4 Å². The topological polar surface area (TPSA) is 18.5 Å². The normalized spacial score (nSPS) is 12.0. The molecule has 2 nitrogen and oxygen atoms in total. The van der Waals surface area contributed by atoms with E-state index in [4.69, 9.17) is 9.47 Å². The molecule has 0 fully saturated rings. The molecule has 0 unspecified atom stereocenters. The minimum absolute atomic E-state index is 0.0191. The SMILES string of the molecule is Cc1cc(Oc2cccc(Oc3cc(C)cc(C(F)(F)F)c3)c2)cc(C(F)(F)F)c1. The Kier molecular flexibility index (Phi) is 5.70. The lowest BCUT2D eigenvalue weighted by atomic mass is 10.1. The van der Waals surface area contributed by atoms with E-state index in [1.165, 1.54) is 50.2 Å². The maximum absolute atomic E-state index is 13.0. The van der Waals surface area contributed by atoms with E-state index in [1.807, 2.05) is 0 Å². The third-order valence-electron chi connectivity index (χ3n) is 4.03. The van der Waals surface area contributed by atoms with E-state index >= 15 is 0 Å². The van der Waals surface area contributed by atoms with Gasteiger partial charge in [0.05, 0.1) is 11.1 Å². The lowest BCUT2D eigenvalue weighted by Crippen LogP contribution is -2.05. The van der Waals surface area contributed by atoms with Gasteiger partial charge in [-0.1, -0.05) is 6.07 Å². The monoisotopic (exact) mass is 426 g/mol. The van der Waals surface area contributed by atoms with Crippen LogP contribution in [0, 0.1) is 13.8 Å². The fourth-order valence-corrected chi connectivity index (χ4v) is 2.81. The van der Waals surface area contributed by atoms with Crippen LogP contribution in [0.25, 0.3) is 0 Å². The summed E-state index contributed by atoms with van der Waals surface area (Å²) in [5.41, 5.74) is -0.952. The fourth-order valence-electron chi connectivity index (χ4n) is 2.81. The van der Waals surface area contributed by atoms with Gasteiger partial charge < -0.3 is 9.47 Å². The van der Waals surface area contributed by atoms with Gasteiger partial charge in [0.1, 0.15) is 23.0 Å². The molecule has 0 aliphatic heterocycles. The Morgan fingerprint density at radius 1 is 0.533 bits per heavy atom. The number of hydrogen-bond donors (Lipinski definition) is 0. The summed E-state index contributed by atoms with van der Waals surface area (Å²) in [6, 6.07) is 12.5. The summed E-state index contributed by atoms with van der Waals surface area (Å²) < 4.78 is 88.9. The van der Waals surface area contributed by atoms with Gasteiger partial charge in [0.25, 0.3) is 0 Å². The van der Waals surface area contributed by atoms with E-state index < -0.39 is 23.5 Å². The molecule has 3 aromatic rings. The van der Waals surface area contributed by atoms with Crippen LogP contribution in [0.4, 0.5) is 26.3 Å². The average molecular weight is 426 g/mol. The molecule has 0 spiro atoms. The predicted octanol–water partition coefficient (Wildman–Crippen LogP) is 7.93. The van der Waals surface area contributed by atoms with Crippen molar-refractivity contribution in [1.29, 1.82) is 0 Å². The highest BCUT2D eigenvalue weighted by atomic mass is 19.4. The Morgan fingerprint density at radius 3 is 1.30 bits per heavy atom. The van der Waals surface area contributed by atoms with Crippen molar-refractivity contribution in [3.63, 3.8) is 0 Å². The van der Waals surface area contributed by atoms with Gasteiger partial charge in [-0.05, 0) is 73.5 Å². The summed E-state index contributed by atoms with van der Waals surface area (Å²) in [5.74, 6) is 0.314. The summed E-state index contributed by atoms with van der Waals surface area (Å²) >= 11 is 0. The van der Waals surface area contributed by atoms with Gasteiger partial charge in [-0.3, -0.25) is 0 Å². The number of rotatable bonds is 4. The Hall–Kier alpha value is -3.16. The third-order valence-corrected chi connectivity index (χ3v) is 4.03. The molecule has 3 aromatic carbocycles. The minimum Gasteiger partial charge on any atom is -0.457 e. The highest BCUT2D eigenvalue weighted by Gasteiger charge is 2.32. The van der Waals surface area contributed by atoms with Crippen LogP contribution in [0.1, 0.15) is 22.3 Å². The molecule has 0 aromatic heterocycles. The van der Waals surface area contributed by atoms with Gasteiger partial charge in [-0.25, -0.2) is 0 Å². The highest BCUT2D eigenvalue weighted by Crippen LogP contribution is 2.36. The largest absolute Gasteiger partial charge is 0.457 e. The standard InChI is InChI=1S/C22H16F6O2/c1-13-6-15(21(23,24)25)10-19(8-13)29-17-4-3-5-18(12-17)30-20-9-14(2)7-16(11-20)22(26,27)28/h3-12H,1-2H3.